The van der Waals surface area contributed by atoms with Crippen molar-refractivity contribution in [2.45, 2.75) is 32.7 Å². The molecular weight excluding hydrogens is 371 g/mol. The number of oxime groups is 1. The van der Waals surface area contributed by atoms with Gasteiger partial charge in [0.15, 0.2) is 6.61 Å². The molecule has 0 aliphatic heterocycles. The number of amides is 1. The Balaban J connectivity index is 1.76. The normalized spacial score (nSPS) is 11.6. The summed E-state index contributed by atoms with van der Waals surface area (Å²) in [7, 11) is 0. The highest BCUT2D eigenvalue weighted by atomic mass is 35.5. The van der Waals surface area contributed by atoms with Crippen LogP contribution in [-0.2, 0) is 21.6 Å². The van der Waals surface area contributed by atoms with Crippen LogP contribution in [0, 0.1) is 0 Å². The number of hydrogen-bond donors (Lipinski definition) is 1. The molecule has 138 valence electrons. The smallest absolute Gasteiger partial charge is 0.261 e. The molecule has 0 unspecified atom stereocenters. The fraction of sp³-hybridized carbons (Fsp3) is 0.300. The Kier molecular flexibility index (Phi) is 7.06. The van der Waals surface area contributed by atoms with Gasteiger partial charge in [-0.05, 0) is 34.2 Å². The first kappa shape index (κ1) is 20.3. The van der Waals surface area contributed by atoms with Crippen molar-refractivity contribution in [3.63, 3.8) is 0 Å². The summed E-state index contributed by atoms with van der Waals surface area (Å²) in [5.41, 5.74) is 3.05. The van der Waals surface area contributed by atoms with Gasteiger partial charge in [0.1, 0.15) is 0 Å². The molecule has 1 amide bonds. The Morgan fingerprint density at radius 3 is 2.46 bits per heavy atom. The van der Waals surface area contributed by atoms with Crippen molar-refractivity contribution in [2.75, 3.05) is 6.61 Å². The van der Waals surface area contributed by atoms with Gasteiger partial charge in [0.05, 0.1) is 6.21 Å². The Morgan fingerprint density at radius 2 is 1.85 bits per heavy atom. The van der Waals surface area contributed by atoms with Gasteiger partial charge in [-0.3, -0.25) is 4.79 Å². The SMILES string of the molecule is CC(C)(C)c1ccc(C=NOCC(=O)NCc2ccc(Cl)cc2Cl)cc1. The summed E-state index contributed by atoms with van der Waals surface area (Å²) >= 11 is 11.9. The molecule has 1 N–H and O–H groups in total. The van der Waals surface area contributed by atoms with Crippen LogP contribution in [0.5, 0.6) is 0 Å². The summed E-state index contributed by atoms with van der Waals surface area (Å²) in [6, 6.07) is 13.2. The molecule has 0 aliphatic rings. The third-order valence-corrected chi connectivity index (χ3v) is 4.33. The lowest BCUT2D eigenvalue weighted by molar-refractivity contribution is -0.125. The van der Waals surface area contributed by atoms with E-state index in [9.17, 15) is 4.79 Å². The first-order valence-corrected chi connectivity index (χ1v) is 8.98. The molecule has 2 rings (SSSR count). The highest BCUT2D eigenvalue weighted by Crippen LogP contribution is 2.22. The summed E-state index contributed by atoms with van der Waals surface area (Å²) < 4.78 is 0. The minimum absolute atomic E-state index is 0.108. The summed E-state index contributed by atoms with van der Waals surface area (Å²) in [6.45, 7) is 6.62. The number of nitrogens with one attached hydrogen (secondary N) is 1. The Labute approximate surface area is 164 Å². The van der Waals surface area contributed by atoms with Crippen molar-refractivity contribution in [1.82, 2.24) is 5.32 Å². The minimum atomic E-state index is -0.281. The molecule has 0 fully saturated rings. The fourth-order valence-electron chi connectivity index (χ4n) is 2.17. The average molecular weight is 393 g/mol. The molecule has 0 aliphatic carbocycles. The molecule has 0 aromatic heterocycles. The lowest BCUT2D eigenvalue weighted by Gasteiger charge is -2.18. The molecule has 0 radical (unpaired) electrons. The van der Waals surface area contributed by atoms with Crippen LogP contribution < -0.4 is 5.32 Å². The Hall–Kier alpha value is -2.04. The third-order valence-electron chi connectivity index (χ3n) is 3.74. The van der Waals surface area contributed by atoms with Crippen LogP contribution in [0.15, 0.2) is 47.6 Å². The van der Waals surface area contributed by atoms with E-state index < -0.39 is 0 Å². The maximum atomic E-state index is 11.8. The minimum Gasteiger partial charge on any atom is -0.386 e. The second-order valence-corrected chi connectivity index (χ2v) is 7.74. The van der Waals surface area contributed by atoms with Gasteiger partial charge in [0.25, 0.3) is 5.91 Å². The number of carbonyl (C=O) groups excluding carboxylic acids is 1. The van der Waals surface area contributed by atoms with Gasteiger partial charge in [-0.1, -0.05) is 79.5 Å². The maximum absolute atomic E-state index is 11.8. The van der Waals surface area contributed by atoms with E-state index in [0.717, 1.165) is 11.1 Å². The van der Waals surface area contributed by atoms with Gasteiger partial charge in [-0.15, -0.1) is 0 Å². The molecule has 6 heteroatoms. The van der Waals surface area contributed by atoms with Crippen LogP contribution >= 0.6 is 23.2 Å². The zero-order chi connectivity index (χ0) is 19.2. The van der Waals surface area contributed by atoms with Gasteiger partial charge in [-0.25, -0.2) is 0 Å². The van der Waals surface area contributed by atoms with E-state index in [1.54, 1.807) is 24.4 Å². The third kappa shape index (κ3) is 6.36. The van der Waals surface area contributed by atoms with Crippen molar-refractivity contribution in [3.8, 4) is 0 Å². The molecule has 0 atom stereocenters. The first-order chi connectivity index (χ1) is 12.3. The van der Waals surface area contributed by atoms with Crippen LogP contribution in [0.1, 0.15) is 37.5 Å². The zero-order valence-electron chi connectivity index (χ0n) is 15.1. The number of carbonyl (C=O) groups is 1. The number of benzene rings is 2. The van der Waals surface area contributed by atoms with E-state index in [2.05, 4.69) is 43.4 Å². The Morgan fingerprint density at radius 1 is 1.15 bits per heavy atom. The second-order valence-electron chi connectivity index (χ2n) is 6.89. The van der Waals surface area contributed by atoms with Crippen LogP contribution in [-0.4, -0.2) is 18.7 Å². The average Bonchev–Trinajstić information content (AvgIpc) is 2.57. The van der Waals surface area contributed by atoms with Gasteiger partial charge in [-0.2, -0.15) is 0 Å². The molecular formula is C20H22Cl2N2O2. The maximum Gasteiger partial charge on any atom is 0.261 e. The summed E-state index contributed by atoms with van der Waals surface area (Å²) in [6.07, 6.45) is 1.58. The van der Waals surface area contributed by atoms with Crippen molar-refractivity contribution in [3.05, 3.63) is 69.2 Å². The molecule has 4 nitrogen and oxygen atoms in total. The van der Waals surface area contributed by atoms with E-state index in [4.69, 9.17) is 28.0 Å². The number of hydrogen-bond acceptors (Lipinski definition) is 3. The number of nitrogens with zero attached hydrogens (tertiary/aromatic N) is 1. The van der Waals surface area contributed by atoms with Crippen molar-refractivity contribution < 1.29 is 9.63 Å². The monoisotopic (exact) mass is 392 g/mol. The lowest BCUT2D eigenvalue weighted by atomic mass is 9.87. The topological polar surface area (TPSA) is 50.7 Å². The van der Waals surface area contributed by atoms with Crippen LogP contribution in [0.4, 0.5) is 0 Å². The van der Waals surface area contributed by atoms with E-state index in [1.807, 2.05) is 12.1 Å². The lowest BCUT2D eigenvalue weighted by Crippen LogP contribution is -2.26. The number of halogens is 2. The molecule has 26 heavy (non-hydrogen) atoms. The quantitative estimate of drug-likeness (QED) is 0.557. The molecule has 0 saturated carbocycles. The van der Waals surface area contributed by atoms with Gasteiger partial charge < -0.3 is 10.2 Å². The molecule has 0 bridgehead atoms. The zero-order valence-corrected chi connectivity index (χ0v) is 16.6. The number of rotatable bonds is 6. The molecule has 0 heterocycles. The summed E-state index contributed by atoms with van der Waals surface area (Å²) in [4.78, 5) is 16.8. The highest BCUT2D eigenvalue weighted by molar-refractivity contribution is 6.35. The largest absolute Gasteiger partial charge is 0.386 e. The van der Waals surface area contributed by atoms with Crippen molar-refractivity contribution >= 4 is 35.3 Å². The summed E-state index contributed by atoms with van der Waals surface area (Å²) in [5.74, 6) is -0.281. The molecule has 2 aromatic carbocycles. The summed E-state index contributed by atoms with van der Waals surface area (Å²) in [5, 5.41) is 7.61. The highest BCUT2D eigenvalue weighted by Gasteiger charge is 2.12. The van der Waals surface area contributed by atoms with E-state index >= 15 is 0 Å². The van der Waals surface area contributed by atoms with Crippen LogP contribution in [0.3, 0.4) is 0 Å². The molecule has 2 aromatic rings. The van der Waals surface area contributed by atoms with E-state index in [-0.39, 0.29) is 17.9 Å². The van der Waals surface area contributed by atoms with E-state index in [1.165, 1.54) is 5.56 Å². The van der Waals surface area contributed by atoms with Crippen LogP contribution in [0.25, 0.3) is 0 Å². The fourth-order valence-corrected chi connectivity index (χ4v) is 2.65. The molecule has 0 saturated heterocycles. The first-order valence-electron chi connectivity index (χ1n) is 8.22. The van der Waals surface area contributed by atoms with Gasteiger partial charge in [0, 0.05) is 16.6 Å². The van der Waals surface area contributed by atoms with E-state index in [0.29, 0.717) is 16.6 Å². The van der Waals surface area contributed by atoms with Crippen LogP contribution in [0.2, 0.25) is 10.0 Å². The van der Waals surface area contributed by atoms with Gasteiger partial charge in [0.2, 0.25) is 0 Å². The molecule has 0 spiro atoms. The predicted molar refractivity (Wildman–Crippen MR) is 107 cm³/mol. The second kappa shape index (κ2) is 9.06. The van der Waals surface area contributed by atoms with Crippen molar-refractivity contribution in [1.29, 1.82) is 0 Å². The predicted octanol–water partition coefficient (Wildman–Crippen LogP) is 4.96. The van der Waals surface area contributed by atoms with Gasteiger partial charge >= 0.3 is 0 Å². The Bertz CT molecular complexity index is 781. The van der Waals surface area contributed by atoms with Crippen molar-refractivity contribution in [2.24, 2.45) is 5.16 Å². The standard InChI is InChI=1S/C20H22Cl2N2O2/c1-20(2,3)16-7-4-14(5-8-16)11-24-26-13-19(25)23-12-15-6-9-17(21)10-18(15)22/h4-11H,12-13H2,1-3H3,(H,23,25).